The standard InChI is InChI=1S/C18H15N3O2/c22-17(20-12-6-2-1-3-7-12)15-13-8-4-5-9-14(13)18(23)21-11-10-19-16(15)21/h1-9,19H,10-11H2,(H,20,22). The van der Waals surface area contributed by atoms with E-state index in [1.54, 1.807) is 10.6 Å². The maximum atomic E-state index is 12.8. The fourth-order valence-electron chi connectivity index (χ4n) is 3.03. The Morgan fingerprint density at radius 2 is 1.70 bits per heavy atom. The Hall–Kier alpha value is -3.08. The predicted molar refractivity (Wildman–Crippen MR) is 91.1 cm³/mol. The number of para-hydroxylation sites is 1. The van der Waals surface area contributed by atoms with Gasteiger partial charge in [0.1, 0.15) is 5.82 Å². The number of hydrogen-bond donors (Lipinski definition) is 2. The molecule has 1 aromatic heterocycles. The highest BCUT2D eigenvalue weighted by Crippen LogP contribution is 2.27. The molecule has 0 unspecified atom stereocenters. The molecule has 1 aliphatic heterocycles. The third-order valence-corrected chi connectivity index (χ3v) is 4.07. The normalized spacial score (nSPS) is 12.7. The second kappa shape index (κ2) is 5.28. The number of anilines is 2. The molecule has 1 amide bonds. The molecule has 0 aliphatic carbocycles. The molecule has 0 radical (unpaired) electrons. The van der Waals surface area contributed by atoms with E-state index in [1.807, 2.05) is 48.5 Å². The predicted octanol–water partition coefficient (Wildman–Crippen LogP) is 2.68. The molecule has 0 fully saturated rings. The number of aromatic nitrogens is 1. The van der Waals surface area contributed by atoms with Crippen LogP contribution in [0.1, 0.15) is 10.4 Å². The van der Waals surface area contributed by atoms with Crippen LogP contribution in [0.25, 0.3) is 10.8 Å². The van der Waals surface area contributed by atoms with Gasteiger partial charge in [-0.2, -0.15) is 0 Å². The third kappa shape index (κ3) is 2.17. The van der Waals surface area contributed by atoms with Gasteiger partial charge in [0.15, 0.2) is 0 Å². The van der Waals surface area contributed by atoms with Crippen molar-refractivity contribution in [1.82, 2.24) is 4.57 Å². The lowest BCUT2D eigenvalue weighted by Gasteiger charge is -2.13. The highest BCUT2D eigenvalue weighted by molar-refractivity contribution is 6.16. The van der Waals surface area contributed by atoms with E-state index in [0.29, 0.717) is 35.2 Å². The fraction of sp³-hybridized carbons (Fsp3) is 0.111. The Bertz CT molecular complexity index is 961. The van der Waals surface area contributed by atoms with Crippen molar-refractivity contribution in [3.63, 3.8) is 0 Å². The maximum absolute atomic E-state index is 12.8. The number of fused-ring (bicyclic) bond motifs is 2. The van der Waals surface area contributed by atoms with Crippen molar-refractivity contribution in [1.29, 1.82) is 0 Å². The van der Waals surface area contributed by atoms with Crippen LogP contribution in [0.15, 0.2) is 59.4 Å². The van der Waals surface area contributed by atoms with Crippen LogP contribution >= 0.6 is 0 Å². The van der Waals surface area contributed by atoms with Crippen molar-refractivity contribution < 1.29 is 4.79 Å². The van der Waals surface area contributed by atoms with Gasteiger partial charge >= 0.3 is 0 Å². The summed E-state index contributed by atoms with van der Waals surface area (Å²) in [6, 6.07) is 16.5. The molecule has 5 heteroatoms. The molecule has 114 valence electrons. The van der Waals surface area contributed by atoms with Gasteiger partial charge in [-0.25, -0.2) is 0 Å². The minimum absolute atomic E-state index is 0.0585. The van der Waals surface area contributed by atoms with Crippen LogP contribution in [0.5, 0.6) is 0 Å². The lowest BCUT2D eigenvalue weighted by molar-refractivity contribution is 0.102. The summed E-state index contributed by atoms with van der Waals surface area (Å²) in [5, 5.41) is 7.32. The highest BCUT2D eigenvalue weighted by Gasteiger charge is 2.24. The molecule has 0 saturated carbocycles. The number of carbonyl (C=O) groups is 1. The first-order valence-electron chi connectivity index (χ1n) is 7.51. The van der Waals surface area contributed by atoms with Crippen molar-refractivity contribution in [2.75, 3.05) is 17.2 Å². The first-order valence-corrected chi connectivity index (χ1v) is 7.51. The number of amides is 1. The van der Waals surface area contributed by atoms with E-state index in [9.17, 15) is 9.59 Å². The molecule has 0 spiro atoms. The first kappa shape index (κ1) is 13.6. The van der Waals surface area contributed by atoms with Gasteiger partial charge in [0.2, 0.25) is 0 Å². The van der Waals surface area contributed by atoms with E-state index in [0.717, 1.165) is 5.69 Å². The fourth-order valence-corrected chi connectivity index (χ4v) is 3.03. The SMILES string of the molecule is O=C(Nc1ccccc1)c1c2n(c(=O)c3ccccc13)CCN2. The van der Waals surface area contributed by atoms with Crippen LogP contribution in [0.2, 0.25) is 0 Å². The zero-order valence-corrected chi connectivity index (χ0v) is 12.4. The van der Waals surface area contributed by atoms with E-state index in [1.165, 1.54) is 0 Å². The summed E-state index contributed by atoms with van der Waals surface area (Å²) in [7, 11) is 0. The molecule has 2 N–H and O–H groups in total. The van der Waals surface area contributed by atoms with Gasteiger partial charge in [0, 0.05) is 29.5 Å². The molecule has 0 atom stereocenters. The maximum Gasteiger partial charge on any atom is 0.260 e. The van der Waals surface area contributed by atoms with Crippen LogP contribution in [0.3, 0.4) is 0 Å². The van der Waals surface area contributed by atoms with Crippen LogP contribution in [0.4, 0.5) is 11.5 Å². The number of hydrogen-bond acceptors (Lipinski definition) is 3. The number of nitrogens with one attached hydrogen (secondary N) is 2. The van der Waals surface area contributed by atoms with E-state index in [4.69, 9.17) is 0 Å². The number of benzene rings is 2. The van der Waals surface area contributed by atoms with Gasteiger partial charge in [-0.1, -0.05) is 36.4 Å². The lowest BCUT2D eigenvalue weighted by Crippen LogP contribution is -2.23. The molecule has 2 heterocycles. The average Bonchev–Trinajstić information content (AvgIpc) is 3.06. The molecule has 3 aromatic rings. The van der Waals surface area contributed by atoms with Gasteiger partial charge in [-0.15, -0.1) is 0 Å². The Morgan fingerprint density at radius 3 is 2.48 bits per heavy atom. The van der Waals surface area contributed by atoms with Gasteiger partial charge in [0.05, 0.1) is 5.56 Å². The smallest absolute Gasteiger partial charge is 0.260 e. The highest BCUT2D eigenvalue weighted by atomic mass is 16.2. The minimum Gasteiger partial charge on any atom is -0.369 e. The van der Waals surface area contributed by atoms with Crippen LogP contribution in [0, 0.1) is 0 Å². The molecule has 5 nitrogen and oxygen atoms in total. The van der Waals surface area contributed by atoms with Crippen LogP contribution < -0.4 is 16.2 Å². The zero-order chi connectivity index (χ0) is 15.8. The molecule has 23 heavy (non-hydrogen) atoms. The topological polar surface area (TPSA) is 63.1 Å². The average molecular weight is 305 g/mol. The summed E-state index contributed by atoms with van der Waals surface area (Å²) in [4.78, 5) is 25.4. The summed E-state index contributed by atoms with van der Waals surface area (Å²) < 4.78 is 1.64. The van der Waals surface area contributed by atoms with E-state index < -0.39 is 0 Å². The van der Waals surface area contributed by atoms with E-state index in [2.05, 4.69) is 10.6 Å². The number of nitrogens with zero attached hydrogens (tertiary/aromatic N) is 1. The number of pyridine rings is 1. The summed E-state index contributed by atoms with van der Waals surface area (Å²) in [5.41, 5.74) is 1.18. The van der Waals surface area contributed by atoms with Crippen LogP contribution in [-0.2, 0) is 6.54 Å². The molecular weight excluding hydrogens is 290 g/mol. The van der Waals surface area contributed by atoms with Crippen molar-refractivity contribution in [3.05, 3.63) is 70.5 Å². The Balaban J connectivity index is 1.91. The van der Waals surface area contributed by atoms with Gasteiger partial charge in [-0.05, 0) is 18.2 Å². The molecular formula is C18H15N3O2. The monoisotopic (exact) mass is 305 g/mol. The largest absolute Gasteiger partial charge is 0.369 e. The van der Waals surface area contributed by atoms with Crippen LogP contribution in [-0.4, -0.2) is 17.0 Å². The molecule has 2 aromatic carbocycles. The van der Waals surface area contributed by atoms with Gasteiger partial charge in [0.25, 0.3) is 11.5 Å². The summed E-state index contributed by atoms with van der Waals surface area (Å²) in [6.45, 7) is 1.22. The summed E-state index contributed by atoms with van der Waals surface area (Å²) in [6.07, 6.45) is 0. The minimum atomic E-state index is -0.217. The van der Waals surface area contributed by atoms with Crippen molar-refractivity contribution in [3.8, 4) is 0 Å². The Kier molecular flexibility index (Phi) is 3.12. The van der Waals surface area contributed by atoms with Gasteiger partial charge < -0.3 is 10.6 Å². The summed E-state index contributed by atoms with van der Waals surface area (Å²) >= 11 is 0. The summed E-state index contributed by atoms with van der Waals surface area (Å²) in [5.74, 6) is 0.382. The Morgan fingerprint density at radius 1 is 1.00 bits per heavy atom. The van der Waals surface area contributed by atoms with Crippen molar-refractivity contribution >= 4 is 28.2 Å². The lowest BCUT2D eigenvalue weighted by atomic mass is 10.1. The number of carbonyl (C=O) groups excluding carboxylic acids is 1. The Labute approximate surface area is 132 Å². The third-order valence-electron chi connectivity index (χ3n) is 4.07. The quantitative estimate of drug-likeness (QED) is 0.765. The van der Waals surface area contributed by atoms with Gasteiger partial charge in [-0.3, -0.25) is 14.2 Å². The first-order chi connectivity index (χ1) is 11.3. The second-order valence-corrected chi connectivity index (χ2v) is 5.47. The van der Waals surface area contributed by atoms with E-state index >= 15 is 0 Å². The van der Waals surface area contributed by atoms with Crippen molar-refractivity contribution in [2.45, 2.75) is 6.54 Å². The number of rotatable bonds is 2. The van der Waals surface area contributed by atoms with E-state index in [-0.39, 0.29) is 11.5 Å². The molecule has 0 bridgehead atoms. The molecule has 4 rings (SSSR count). The zero-order valence-electron chi connectivity index (χ0n) is 12.4. The second-order valence-electron chi connectivity index (χ2n) is 5.47. The molecule has 0 saturated heterocycles. The van der Waals surface area contributed by atoms with Crippen molar-refractivity contribution in [2.24, 2.45) is 0 Å². The molecule has 1 aliphatic rings.